The monoisotopic (exact) mass is 514 g/mol. The zero-order valence-corrected chi connectivity index (χ0v) is 21.4. The van der Waals surface area contributed by atoms with Crippen LogP contribution in [0.25, 0.3) is 22.3 Å². The Balaban J connectivity index is 1.94. The van der Waals surface area contributed by atoms with Gasteiger partial charge in [-0.25, -0.2) is 27.6 Å². The van der Waals surface area contributed by atoms with E-state index in [9.17, 15) is 17.6 Å². The van der Waals surface area contributed by atoms with Gasteiger partial charge in [-0.2, -0.15) is 0 Å². The molecule has 0 saturated heterocycles. The van der Waals surface area contributed by atoms with Crippen LogP contribution in [0.2, 0.25) is 0 Å². The average Bonchev–Trinajstić information content (AvgIpc) is 3.16. The molecule has 3 heterocycles. The molecule has 0 aliphatic heterocycles. The van der Waals surface area contributed by atoms with E-state index in [1.165, 1.54) is 17.7 Å². The van der Waals surface area contributed by atoms with Crippen LogP contribution in [0.5, 0.6) is 11.6 Å². The number of aryl methyl sites for hydroxylation is 1. The highest BCUT2D eigenvalue weighted by Gasteiger charge is 2.27. The first kappa shape index (κ1) is 25.4. The standard InChI is InChI=1S/C25H27FN4O5S/c1-6-35-24-21(34-4)11-10-19(28-24)20(13-36(5,32)33)30-23-22(29-25(30)31)15(3)17(12-27-23)16-8-7-9-18(26)14(16)2/h7-12,20H,6,13H2,1-5H3,(H,29,31)/t20-/m1/s1. The molecule has 0 aliphatic rings. The number of pyridine rings is 2. The number of nitrogens with zero attached hydrogens (tertiary/aromatic N) is 3. The topological polar surface area (TPSA) is 116 Å². The van der Waals surface area contributed by atoms with Crippen LogP contribution in [0.4, 0.5) is 4.39 Å². The third-order valence-electron chi connectivity index (χ3n) is 6.02. The number of ether oxygens (including phenoxy) is 2. The third-order valence-corrected chi connectivity index (χ3v) is 6.94. The Kier molecular flexibility index (Phi) is 6.85. The highest BCUT2D eigenvalue weighted by atomic mass is 32.2. The molecular weight excluding hydrogens is 487 g/mol. The first-order valence-electron chi connectivity index (χ1n) is 11.3. The molecule has 11 heteroatoms. The van der Waals surface area contributed by atoms with Crippen LogP contribution in [0.15, 0.2) is 41.3 Å². The van der Waals surface area contributed by atoms with Crippen molar-refractivity contribution in [3.63, 3.8) is 0 Å². The predicted molar refractivity (Wildman–Crippen MR) is 135 cm³/mol. The fourth-order valence-corrected chi connectivity index (χ4v) is 5.14. The van der Waals surface area contributed by atoms with Crippen molar-refractivity contribution in [3.8, 4) is 22.8 Å². The van der Waals surface area contributed by atoms with Crippen LogP contribution >= 0.6 is 0 Å². The van der Waals surface area contributed by atoms with Gasteiger partial charge in [0, 0.05) is 18.0 Å². The number of hydrogen-bond acceptors (Lipinski definition) is 7. The Bertz CT molecular complexity index is 1610. The summed E-state index contributed by atoms with van der Waals surface area (Å²) < 4.78 is 51.1. The minimum absolute atomic E-state index is 0.192. The lowest BCUT2D eigenvalue weighted by atomic mass is 9.97. The molecule has 0 bridgehead atoms. The molecule has 1 atom stereocenters. The van der Waals surface area contributed by atoms with Crippen LogP contribution in [0.1, 0.15) is 29.8 Å². The summed E-state index contributed by atoms with van der Waals surface area (Å²) >= 11 is 0. The van der Waals surface area contributed by atoms with E-state index in [-0.39, 0.29) is 17.3 Å². The minimum Gasteiger partial charge on any atom is -0.491 e. The number of aromatic amines is 1. The number of hydrogen-bond donors (Lipinski definition) is 1. The molecule has 4 aromatic rings. The lowest BCUT2D eigenvalue weighted by Gasteiger charge is -2.19. The maximum absolute atomic E-state index is 14.2. The van der Waals surface area contributed by atoms with Gasteiger partial charge in [0.2, 0.25) is 0 Å². The van der Waals surface area contributed by atoms with Crippen molar-refractivity contribution in [3.05, 3.63) is 69.7 Å². The van der Waals surface area contributed by atoms with Crippen molar-refractivity contribution in [2.24, 2.45) is 0 Å². The number of methoxy groups -OCH3 is 1. The van der Waals surface area contributed by atoms with E-state index in [0.29, 0.717) is 45.8 Å². The first-order valence-corrected chi connectivity index (χ1v) is 13.3. The van der Waals surface area contributed by atoms with Gasteiger partial charge >= 0.3 is 5.69 Å². The summed E-state index contributed by atoms with van der Waals surface area (Å²) in [6.07, 6.45) is 2.66. The fraction of sp³-hybridized carbons (Fsp3) is 0.320. The van der Waals surface area contributed by atoms with Gasteiger partial charge in [-0.1, -0.05) is 12.1 Å². The second-order valence-electron chi connectivity index (χ2n) is 8.49. The van der Waals surface area contributed by atoms with E-state index in [4.69, 9.17) is 9.47 Å². The van der Waals surface area contributed by atoms with E-state index < -0.39 is 27.3 Å². The molecule has 0 aliphatic carbocycles. The number of nitrogens with one attached hydrogen (secondary N) is 1. The number of benzene rings is 1. The summed E-state index contributed by atoms with van der Waals surface area (Å²) in [5.41, 5.74) is 2.91. The number of sulfone groups is 1. The summed E-state index contributed by atoms with van der Waals surface area (Å²) in [6, 6.07) is 7.01. The Morgan fingerprint density at radius 1 is 1.14 bits per heavy atom. The van der Waals surface area contributed by atoms with Crippen LogP contribution < -0.4 is 15.2 Å². The minimum atomic E-state index is -3.55. The molecule has 1 N–H and O–H groups in total. The van der Waals surface area contributed by atoms with Crippen LogP contribution in [0.3, 0.4) is 0 Å². The zero-order chi connectivity index (χ0) is 26.2. The number of aromatic nitrogens is 4. The fourth-order valence-electron chi connectivity index (χ4n) is 4.25. The molecule has 0 spiro atoms. The molecule has 9 nitrogen and oxygen atoms in total. The van der Waals surface area contributed by atoms with Crippen LogP contribution in [0, 0.1) is 19.7 Å². The Labute approximate surface area is 207 Å². The molecule has 36 heavy (non-hydrogen) atoms. The predicted octanol–water partition coefficient (Wildman–Crippen LogP) is 3.58. The number of rotatable bonds is 8. The molecular formula is C25H27FN4O5S. The van der Waals surface area contributed by atoms with Gasteiger partial charge in [-0.15, -0.1) is 0 Å². The molecule has 4 rings (SSSR count). The Morgan fingerprint density at radius 2 is 1.89 bits per heavy atom. The summed E-state index contributed by atoms with van der Waals surface area (Å²) in [4.78, 5) is 25.0. The molecule has 0 radical (unpaired) electrons. The van der Waals surface area contributed by atoms with E-state index in [1.54, 1.807) is 51.2 Å². The maximum Gasteiger partial charge on any atom is 0.328 e. The summed E-state index contributed by atoms with van der Waals surface area (Å²) in [5, 5.41) is 0. The number of halogens is 1. The van der Waals surface area contributed by atoms with Gasteiger partial charge in [0.25, 0.3) is 5.88 Å². The Hall–Kier alpha value is -3.73. The maximum atomic E-state index is 14.2. The van der Waals surface area contributed by atoms with Crippen molar-refractivity contribution < 1.29 is 22.3 Å². The van der Waals surface area contributed by atoms with Crippen molar-refractivity contribution in [1.82, 2.24) is 19.5 Å². The number of imidazole rings is 1. The highest BCUT2D eigenvalue weighted by Crippen LogP contribution is 2.33. The van der Waals surface area contributed by atoms with Crippen LogP contribution in [-0.2, 0) is 9.84 Å². The summed E-state index contributed by atoms with van der Waals surface area (Å²) in [7, 11) is -2.08. The molecule has 1 aromatic carbocycles. The SMILES string of the molecule is CCOc1nc([C@@H](CS(C)(=O)=O)n2c(=O)[nH]c3c(C)c(-c4cccc(F)c4C)cnc32)ccc1OC. The lowest BCUT2D eigenvalue weighted by Crippen LogP contribution is -2.29. The van der Waals surface area contributed by atoms with Gasteiger partial charge in [0.15, 0.2) is 11.4 Å². The average molecular weight is 515 g/mol. The molecule has 0 unspecified atom stereocenters. The molecule has 0 saturated carbocycles. The van der Waals surface area contributed by atoms with Crippen molar-refractivity contribution in [1.29, 1.82) is 0 Å². The van der Waals surface area contributed by atoms with Crippen molar-refractivity contribution in [2.45, 2.75) is 26.8 Å². The van der Waals surface area contributed by atoms with Gasteiger partial charge in [-0.05, 0) is 55.7 Å². The van der Waals surface area contributed by atoms with Crippen LogP contribution in [-0.4, -0.2) is 53.7 Å². The molecule has 0 amide bonds. The largest absolute Gasteiger partial charge is 0.491 e. The second-order valence-corrected chi connectivity index (χ2v) is 10.7. The normalized spacial score (nSPS) is 12.6. The zero-order valence-electron chi connectivity index (χ0n) is 20.6. The van der Waals surface area contributed by atoms with E-state index in [2.05, 4.69) is 15.0 Å². The first-order chi connectivity index (χ1) is 17.1. The van der Waals surface area contributed by atoms with E-state index >= 15 is 0 Å². The molecule has 190 valence electrons. The third kappa shape index (κ3) is 4.70. The Morgan fingerprint density at radius 3 is 2.56 bits per heavy atom. The van der Waals surface area contributed by atoms with E-state index in [0.717, 1.165) is 6.26 Å². The smallest absolute Gasteiger partial charge is 0.328 e. The van der Waals surface area contributed by atoms with Crippen molar-refractivity contribution >= 4 is 21.0 Å². The highest BCUT2D eigenvalue weighted by molar-refractivity contribution is 7.90. The van der Waals surface area contributed by atoms with Gasteiger partial charge in [-0.3, -0.25) is 4.57 Å². The van der Waals surface area contributed by atoms with Gasteiger partial charge in [0.05, 0.1) is 36.7 Å². The molecule has 0 fully saturated rings. The molecule has 3 aromatic heterocycles. The van der Waals surface area contributed by atoms with Crippen molar-refractivity contribution in [2.75, 3.05) is 25.7 Å². The lowest BCUT2D eigenvalue weighted by molar-refractivity contribution is 0.296. The number of fused-ring (bicyclic) bond motifs is 1. The summed E-state index contributed by atoms with van der Waals surface area (Å²) in [6.45, 7) is 5.58. The number of H-pyrrole nitrogens is 1. The van der Waals surface area contributed by atoms with Gasteiger partial charge < -0.3 is 14.5 Å². The van der Waals surface area contributed by atoms with Gasteiger partial charge in [0.1, 0.15) is 15.7 Å². The second kappa shape index (κ2) is 9.73. The van der Waals surface area contributed by atoms with E-state index in [1.807, 2.05) is 0 Å². The quantitative estimate of drug-likeness (QED) is 0.382. The summed E-state index contributed by atoms with van der Waals surface area (Å²) in [5.74, 6) is -0.163.